The van der Waals surface area contributed by atoms with Crippen molar-refractivity contribution < 1.29 is 9.18 Å². The fourth-order valence-corrected chi connectivity index (χ4v) is 1.78. The number of benzene rings is 2. The first kappa shape index (κ1) is 11.8. The van der Waals surface area contributed by atoms with Crippen LogP contribution in [0.4, 0.5) is 4.39 Å². The van der Waals surface area contributed by atoms with E-state index in [-0.39, 0.29) is 11.3 Å². The Morgan fingerprint density at radius 3 is 2.59 bits per heavy atom. The van der Waals surface area contributed by atoms with Gasteiger partial charge in [-0.15, -0.1) is 0 Å². The molecule has 0 atom stereocenters. The van der Waals surface area contributed by atoms with Crippen molar-refractivity contribution in [2.24, 2.45) is 0 Å². The number of aryl methyl sites for hydroxylation is 1. The summed E-state index contributed by atoms with van der Waals surface area (Å²) in [6.45, 7) is 1.77. The van der Waals surface area contributed by atoms with Crippen molar-refractivity contribution in [2.75, 3.05) is 0 Å². The van der Waals surface area contributed by atoms with Crippen LogP contribution in [-0.2, 0) is 0 Å². The lowest BCUT2D eigenvalue weighted by Gasteiger charge is -2.04. The molecule has 0 spiro atoms. The van der Waals surface area contributed by atoms with Gasteiger partial charge in [0.05, 0.1) is 5.56 Å². The highest BCUT2D eigenvalue weighted by Crippen LogP contribution is 2.17. The third kappa shape index (κ3) is 2.53. The van der Waals surface area contributed by atoms with E-state index < -0.39 is 5.82 Å². The monoisotopic (exact) mass is 248 g/mol. The van der Waals surface area contributed by atoms with Gasteiger partial charge in [0.25, 0.3) is 0 Å². The lowest BCUT2D eigenvalue weighted by Crippen LogP contribution is -2.04. The number of carbonyl (C=O) groups is 1. The number of halogens is 2. The van der Waals surface area contributed by atoms with Crippen LogP contribution in [0.1, 0.15) is 21.5 Å². The first-order valence-corrected chi connectivity index (χ1v) is 5.52. The van der Waals surface area contributed by atoms with Crippen molar-refractivity contribution in [1.29, 1.82) is 0 Å². The molecule has 0 aliphatic carbocycles. The van der Waals surface area contributed by atoms with E-state index in [4.69, 9.17) is 11.6 Å². The van der Waals surface area contributed by atoms with Gasteiger partial charge >= 0.3 is 0 Å². The minimum absolute atomic E-state index is 0.0675. The fourth-order valence-electron chi connectivity index (χ4n) is 1.59. The van der Waals surface area contributed by atoms with Crippen molar-refractivity contribution in [3.63, 3.8) is 0 Å². The summed E-state index contributed by atoms with van der Waals surface area (Å²) in [6, 6.07) is 11.0. The van der Waals surface area contributed by atoms with Gasteiger partial charge in [-0.1, -0.05) is 29.8 Å². The van der Waals surface area contributed by atoms with Gasteiger partial charge in [-0.2, -0.15) is 0 Å². The summed E-state index contributed by atoms with van der Waals surface area (Å²) < 4.78 is 13.6. The minimum Gasteiger partial charge on any atom is -0.288 e. The Bertz CT molecular complexity index is 578. The van der Waals surface area contributed by atoms with Crippen LogP contribution in [0.25, 0.3) is 0 Å². The summed E-state index contributed by atoms with van der Waals surface area (Å²) >= 11 is 5.80. The Morgan fingerprint density at radius 1 is 1.18 bits per heavy atom. The Morgan fingerprint density at radius 2 is 1.94 bits per heavy atom. The van der Waals surface area contributed by atoms with E-state index in [1.165, 1.54) is 18.2 Å². The van der Waals surface area contributed by atoms with E-state index in [9.17, 15) is 9.18 Å². The molecule has 0 radical (unpaired) electrons. The van der Waals surface area contributed by atoms with Crippen LogP contribution >= 0.6 is 11.6 Å². The smallest absolute Gasteiger partial charge is 0.196 e. The highest BCUT2D eigenvalue weighted by Gasteiger charge is 2.13. The number of hydrogen-bond acceptors (Lipinski definition) is 1. The third-order valence-electron chi connectivity index (χ3n) is 2.46. The van der Waals surface area contributed by atoms with Gasteiger partial charge < -0.3 is 0 Å². The second kappa shape index (κ2) is 4.68. The van der Waals surface area contributed by atoms with Crippen molar-refractivity contribution >= 4 is 17.4 Å². The first-order valence-electron chi connectivity index (χ1n) is 5.14. The number of rotatable bonds is 2. The summed E-state index contributed by atoms with van der Waals surface area (Å²) in [5, 5.41) is 0.461. The van der Waals surface area contributed by atoms with Crippen LogP contribution in [0.2, 0.25) is 5.02 Å². The molecule has 0 saturated heterocycles. The fraction of sp³-hybridized carbons (Fsp3) is 0.0714. The Kier molecular flexibility index (Phi) is 3.25. The van der Waals surface area contributed by atoms with E-state index in [2.05, 4.69) is 0 Å². The maximum Gasteiger partial charge on any atom is 0.196 e. The summed E-state index contributed by atoms with van der Waals surface area (Å²) in [6.07, 6.45) is 0. The Labute approximate surface area is 104 Å². The van der Waals surface area contributed by atoms with Crippen LogP contribution in [0.15, 0.2) is 42.5 Å². The van der Waals surface area contributed by atoms with Crippen molar-refractivity contribution in [1.82, 2.24) is 0 Å². The first-order chi connectivity index (χ1) is 8.08. The molecule has 0 unspecified atom stereocenters. The van der Waals surface area contributed by atoms with Crippen LogP contribution in [-0.4, -0.2) is 5.78 Å². The molecule has 2 aromatic carbocycles. The van der Waals surface area contributed by atoms with Crippen molar-refractivity contribution in [3.05, 3.63) is 70.0 Å². The van der Waals surface area contributed by atoms with E-state index >= 15 is 0 Å². The standard InChI is InChI=1S/C14H10ClFO/c1-9-5-6-12(13(16)7-9)14(17)10-3-2-4-11(15)8-10/h2-8H,1H3. The molecular weight excluding hydrogens is 239 g/mol. The van der Waals surface area contributed by atoms with Gasteiger partial charge in [-0.3, -0.25) is 4.79 Å². The topological polar surface area (TPSA) is 17.1 Å². The van der Waals surface area contributed by atoms with Gasteiger partial charge in [0.15, 0.2) is 5.78 Å². The zero-order chi connectivity index (χ0) is 12.4. The largest absolute Gasteiger partial charge is 0.288 e. The average molecular weight is 249 g/mol. The maximum absolute atomic E-state index is 13.6. The molecule has 0 aromatic heterocycles. The van der Waals surface area contributed by atoms with E-state index in [1.54, 1.807) is 31.2 Å². The Hall–Kier alpha value is -1.67. The molecule has 0 saturated carbocycles. The third-order valence-corrected chi connectivity index (χ3v) is 2.69. The molecule has 0 aliphatic heterocycles. The van der Waals surface area contributed by atoms with Gasteiger partial charge in [-0.25, -0.2) is 4.39 Å². The van der Waals surface area contributed by atoms with Crippen LogP contribution in [0.5, 0.6) is 0 Å². The van der Waals surface area contributed by atoms with Gasteiger partial charge in [0.1, 0.15) is 5.82 Å². The summed E-state index contributed by atoms with van der Waals surface area (Å²) in [5.74, 6) is -0.861. The molecule has 0 N–H and O–H groups in total. The zero-order valence-electron chi connectivity index (χ0n) is 9.21. The molecule has 2 rings (SSSR count). The molecule has 86 valence electrons. The predicted octanol–water partition coefficient (Wildman–Crippen LogP) is 4.02. The highest BCUT2D eigenvalue weighted by atomic mass is 35.5. The molecule has 17 heavy (non-hydrogen) atoms. The lowest BCUT2D eigenvalue weighted by atomic mass is 10.0. The number of hydrogen-bond donors (Lipinski definition) is 0. The van der Waals surface area contributed by atoms with Crippen molar-refractivity contribution in [3.8, 4) is 0 Å². The van der Waals surface area contributed by atoms with Crippen molar-refractivity contribution in [2.45, 2.75) is 6.92 Å². The molecule has 1 nitrogen and oxygen atoms in total. The highest BCUT2D eigenvalue weighted by molar-refractivity contribution is 6.31. The van der Waals surface area contributed by atoms with Crippen LogP contribution in [0.3, 0.4) is 0 Å². The van der Waals surface area contributed by atoms with E-state index in [0.29, 0.717) is 10.6 Å². The summed E-state index contributed by atoms with van der Waals surface area (Å²) in [7, 11) is 0. The Balaban J connectivity index is 2.44. The van der Waals surface area contributed by atoms with Gasteiger partial charge in [-0.05, 0) is 36.8 Å². The quantitative estimate of drug-likeness (QED) is 0.734. The van der Waals surface area contributed by atoms with E-state index in [0.717, 1.165) is 5.56 Å². The molecule has 0 bridgehead atoms. The zero-order valence-corrected chi connectivity index (χ0v) is 9.96. The molecule has 2 aromatic rings. The van der Waals surface area contributed by atoms with Crippen LogP contribution in [0, 0.1) is 12.7 Å². The molecule has 0 heterocycles. The second-order valence-corrected chi connectivity index (χ2v) is 4.26. The maximum atomic E-state index is 13.6. The molecular formula is C14H10ClFO. The lowest BCUT2D eigenvalue weighted by molar-refractivity contribution is 0.103. The SMILES string of the molecule is Cc1ccc(C(=O)c2cccc(Cl)c2)c(F)c1. The molecule has 0 aliphatic rings. The van der Waals surface area contributed by atoms with Gasteiger partial charge in [0.2, 0.25) is 0 Å². The minimum atomic E-state index is -0.505. The number of carbonyl (C=O) groups excluding carboxylic acids is 1. The van der Waals surface area contributed by atoms with Gasteiger partial charge in [0, 0.05) is 10.6 Å². The summed E-state index contributed by atoms with van der Waals surface area (Å²) in [4.78, 5) is 12.0. The normalized spacial score (nSPS) is 10.3. The van der Waals surface area contributed by atoms with Crippen LogP contribution < -0.4 is 0 Å². The van der Waals surface area contributed by atoms with E-state index in [1.807, 2.05) is 0 Å². The average Bonchev–Trinajstić information content (AvgIpc) is 2.28. The number of ketones is 1. The molecule has 0 fully saturated rings. The summed E-state index contributed by atoms with van der Waals surface area (Å²) in [5.41, 5.74) is 1.24. The predicted molar refractivity (Wildman–Crippen MR) is 66.0 cm³/mol. The molecule has 3 heteroatoms. The second-order valence-electron chi connectivity index (χ2n) is 3.82. The molecule has 0 amide bonds.